The predicted molar refractivity (Wildman–Crippen MR) is 83.4 cm³/mol. The molecule has 0 radical (unpaired) electrons. The summed E-state index contributed by atoms with van der Waals surface area (Å²) in [6.45, 7) is 5.18. The number of carboxylic acid groups (broad SMARTS) is 1. The van der Waals surface area contributed by atoms with Gasteiger partial charge >= 0.3 is 5.97 Å². The zero-order chi connectivity index (χ0) is 14.7. The van der Waals surface area contributed by atoms with Crippen molar-refractivity contribution >= 4 is 5.97 Å². The van der Waals surface area contributed by atoms with Gasteiger partial charge in [-0.1, -0.05) is 32.1 Å². The molecule has 3 aliphatic rings. The zero-order valence-corrected chi connectivity index (χ0v) is 13.2. The minimum absolute atomic E-state index is 0.451. The molecule has 1 N–H and O–H groups in total. The maximum Gasteiger partial charge on any atom is 0.310 e. The lowest BCUT2D eigenvalue weighted by Gasteiger charge is -2.42. The summed E-state index contributed by atoms with van der Waals surface area (Å²) in [5.74, 6) is -0.555. The number of aliphatic carboxylic acids is 1. The first-order valence-corrected chi connectivity index (χ1v) is 8.89. The Labute approximate surface area is 128 Å². The molecule has 3 fully saturated rings. The van der Waals surface area contributed by atoms with E-state index in [9.17, 15) is 9.90 Å². The molecule has 4 nitrogen and oxygen atoms in total. The molecule has 0 amide bonds. The number of nitrogens with zero attached hydrogens (tertiary/aromatic N) is 2. The average molecular weight is 294 g/mol. The largest absolute Gasteiger partial charge is 0.481 e. The molecule has 0 bridgehead atoms. The first kappa shape index (κ1) is 15.3. The van der Waals surface area contributed by atoms with Crippen LogP contribution in [0.5, 0.6) is 0 Å². The van der Waals surface area contributed by atoms with Gasteiger partial charge in [0.05, 0.1) is 5.41 Å². The Balaban J connectivity index is 1.52. The molecule has 0 atom stereocenters. The summed E-state index contributed by atoms with van der Waals surface area (Å²) in [5, 5.41) is 9.71. The van der Waals surface area contributed by atoms with Gasteiger partial charge in [0, 0.05) is 38.8 Å². The second-order valence-electron chi connectivity index (χ2n) is 7.40. The van der Waals surface area contributed by atoms with Crippen LogP contribution in [0.3, 0.4) is 0 Å². The molecule has 0 aromatic rings. The van der Waals surface area contributed by atoms with Crippen LogP contribution in [0.2, 0.25) is 0 Å². The molecule has 1 aliphatic heterocycles. The molecular formula is C17H30N2O2. The van der Waals surface area contributed by atoms with Gasteiger partial charge < -0.3 is 5.11 Å². The van der Waals surface area contributed by atoms with Crippen LogP contribution in [0, 0.1) is 5.41 Å². The summed E-state index contributed by atoms with van der Waals surface area (Å²) >= 11 is 0. The van der Waals surface area contributed by atoms with Crippen molar-refractivity contribution in [3.63, 3.8) is 0 Å². The molecule has 1 saturated heterocycles. The summed E-state index contributed by atoms with van der Waals surface area (Å²) in [6, 6.07) is 0.815. The first-order chi connectivity index (χ1) is 10.2. The van der Waals surface area contributed by atoms with Crippen LogP contribution in [0.4, 0.5) is 0 Å². The van der Waals surface area contributed by atoms with Crippen molar-refractivity contribution < 1.29 is 9.90 Å². The Morgan fingerprint density at radius 1 is 0.952 bits per heavy atom. The molecule has 0 spiro atoms. The number of piperazine rings is 1. The van der Waals surface area contributed by atoms with Crippen LogP contribution in [0.1, 0.15) is 57.8 Å². The highest BCUT2D eigenvalue weighted by Crippen LogP contribution is 2.37. The average Bonchev–Trinajstić information content (AvgIpc) is 3.03. The van der Waals surface area contributed by atoms with Crippen LogP contribution < -0.4 is 0 Å². The van der Waals surface area contributed by atoms with Crippen LogP contribution >= 0.6 is 0 Å². The Morgan fingerprint density at radius 2 is 1.57 bits per heavy atom. The van der Waals surface area contributed by atoms with E-state index in [1.54, 1.807) is 0 Å². The fourth-order valence-electron chi connectivity index (χ4n) is 4.65. The van der Waals surface area contributed by atoms with E-state index in [-0.39, 0.29) is 0 Å². The smallest absolute Gasteiger partial charge is 0.310 e. The molecule has 0 unspecified atom stereocenters. The van der Waals surface area contributed by atoms with Gasteiger partial charge in [-0.2, -0.15) is 0 Å². The Bertz CT molecular complexity index is 352. The van der Waals surface area contributed by atoms with E-state index >= 15 is 0 Å². The van der Waals surface area contributed by atoms with Crippen LogP contribution in [0.25, 0.3) is 0 Å². The van der Waals surface area contributed by atoms with Gasteiger partial charge in [0.25, 0.3) is 0 Å². The third-order valence-corrected chi connectivity index (χ3v) is 6.04. The lowest BCUT2D eigenvalue weighted by molar-refractivity contribution is -0.153. The summed E-state index contributed by atoms with van der Waals surface area (Å²) < 4.78 is 0. The molecule has 1 heterocycles. The second-order valence-corrected chi connectivity index (χ2v) is 7.40. The third kappa shape index (κ3) is 3.42. The molecule has 2 aliphatic carbocycles. The molecule has 120 valence electrons. The predicted octanol–water partition coefficient (Wildman–Crippen LogP) is 2.58. The second kappa shape index (κ2) is 6.66. The van der Waals surface area contributed by atoms with E-state index in [4.69, 9.17) is 0 Å². The fourth-order valence-corrected chi connectivity index (χ4v) is 4.65. The van der Waals surface area contributed by atoms with Gasteiger partial charge in [-0.25, -0.2) is 0 Å². The summed E-state index contributed by atoms with van der Waals surface area (Å²) in [4.78, 5) is 16.9. The summed E-state index contributed by atoms with van der Waals surface area (Å²) in [7, 11) is 0. The Hall–Kier alpha value is -0.610. The van der Waals surface area contributed by atoms with E-state index in [1.807, 2.05) is 0 Å². The first-order valence-electron chi connectivity index (χ1n) is 8.89. The highest BCUT2D eigenvalue weighted by Gasteiger charge is 2.41. The maximum absolute atomic E-state index is 11.8. The Kier molecular flexibility index (Phi) is 4.85. The minimum atomic E-state index is -0.555. The summed E-state index contributed by atoms with van der Waals surface area (Å²) in [5.41, 5.74) is -0.451. The number of rotatable bonds is 4. The minimum Gasteiger partial charge on any atom is -0.481 e. The van der Waals surface area contributed by atoms with Crippen molar-refractivity contribution in [1.29, 1.82) is 0 Å². The quantitative estimate of drug-likeness (QED) is 0.865. The van der Waals surface area contributed by atoms with Crippen LogP contribution in [-0.4, -0.2) is 59.6 Å². The van der Waals surface area contributed by atoms with Crippen molar-refractivity contribution in [3.05, 3.63) is 0 Å². The van der Waals surface area contributed by atoms with Gasteiger partial charge in [-0.15, -0.1) is 0 Å². The highest BCUT2D eigenvalue weighted by molar-refractivity contribution is 5.75. The van der Waals surface area contributed by atoms with E-state index < -0.39 is 11.4 Å². The normalized spacial score (nSPS) is 28.8. The molecule has 21 heavy (non-hydrogen) atoms. The molecule has 0 aromatic carbocycles. The fraction of sp³-hybridized carbons (Fsp3) is 0.941. The molecule has 3 rings (SSSR count). The summed E-state index contributed by atoms with van der Waals surface area (Å²) in [6.07, 6.45) is 10.7. The molecule has 4 heteroatoms. The van der Waals surface area contributed by atoms with Crippen molar-refractivity contribution in [3.8, 4) is 0 Å². The van der Waals surface area contributed by atoms with Crippen molar-refractivity contribution in [2.24, 2.45) is 5.41 Å². The van der Waals surface area contributed by atoms with Crippen LogP contribution in [0.15, 0.2) is 0 Å². The number of carbonyl (C=O) groups is 1. The lowest BCUT2D eigenvalue weighted by atomic mass is 9.73. The van der Waals surface area contributed by atoms with E-state index in [0.29, 0.717) is 0 Å². The van der Waals surface area contributed by atoms with E-state index in [2.05, 4.69) is 9.80 Å². The zero-order valence-electron chi connectivity index (χ0n) is 13.2. The standard InChI is InChI=1S/C17H30N2O2/c20-16(21)17(8-4-1-5-9-17)14-18-10-12-19(13-11-18)15-6-2-3-7-15/h15H,1-14H2,(H,20,21). The molecule has 2 saturated carbocycles. The van der Waals surface area contributed by atoms with E-state index in [0.717, 1.165) is 64.4 Å². The molecule has 0 aromatic heterocycles. The van der Waals surface area contributed by atoms with Crippen molar-refractivity contribution in [1.82, 2.24) is 9.80 Å². The third-order valence-electron chi connectivity index (χ3n) is 6.04. The monoisotopic (exact) mass is 294 g/mol. The lowest BCUT2D eigenvalue weighted by Crippen LogP contribution is -2.53. The van der Waals surface area contributed by atoms with Crippen molar-refractivity contribution in [2.45, 2.75) is 63.8 Å². The van der Waals surface area contributed by atoms with Gasteiger partial charge in [0.1, 0.15) is 0 Å². The SMILES string of the molecule is O=C(O)C1(CN2CCN(C3CCCC3)CC2)CCCCC1. The Morgan fingerprint density at radius 3 is 2.14 bits per heavy atom. The molecular weight excluding hydrogens is 264 g/mol. The van der Waals surface area contributed by atoms with Crippen LogP contribution in [-0.2, 0) is 4.79 Å². The maximum atomic E-state index is 11.8. The number of carboxylic acids is 1. The van der Waals surface area contributed by atoms with Gasteiger partial charge in [0.15, 0.2) is 0 Å². The van der Waals surface area contributed by atoms with Crippen molar-refractivity contribution in [2.75, 3.05) is 32.7 Å². The topological polar surface area (TPSA) is 43.8 Å². The van der Waals surface area contributed by atoms with Gasteiger partial charge in [-0.05, 0) is 25.7 Å². The van der Waals surface area contributed by atoms with E-state index in [1.165, 1.54) is 32.1 Å². The number of hydrogen-bond acceptors (Lipinski definition) is 3. The van der Waals surface area contributed by atoms with Gasteiger partial charge in [-0.3, -0.25) is 14.6 Å². The number of hydrogen-bond donors (Lipinski definition) is 1. The van der Waals surface area contributed by atoms with Gasteiger partial charge in [0.2, 0.25) is 0 Å². The highest BCUT2D eigenvalue weighted by atomic mass is 16.4.